The minimum absolute atomic E-state index is 0.269. The summed E-state index contributed by atoms with van der Waals surface area (Å²) in [5.41, 5.74) is 0. The number of aliphatic hydroxyl groups excluding tert-OH is 1. The molecule has 1 aromatic rings. The maximum Gasteiger partial charge on any atom is 0.151 e. The fourth-order valence-electron chi connectivity index (χ4n) is 1.94. The molecule has 4 nitrogen and oxygen atoms in total. The Bertz CT molecular complexity index is 317. The minimum atomic E-state index is 0.269. The van der Waals surface area contributed by atoms with Crippen LogP contribution in [0.25, 0.3) is 0 Å². The predicted molar refractivity (Wildman–Crippen MR) is 59.1 cm³/mol. The van der Waals surface area contributed by atoms with E-state index in [9.17, 15) is 0 Å². The summed E-state index contributed by atoms with van der Waals surface area (Å²) in [6.07, 6.45) is 1.99. The van der Waals surface area contributed by atoms with Crippen LogP contribution in [0.15, 0.2) is 12.1 Å². The molecule has 0 spiro atoms. The highest BCUT2D eigenvalue weighted by molar-refractivity contribution is 6.29. The molecular weight excluding hydrogens is 214 g/mol. The zero-order valence-corrected chi connectivity index (χ0v) is 9.19. The van der Waals surface area contributed by atoms with Crippen LogP contribution >= 0.6 is 11.6 Å². The number of halogens is 1. The van der Waals surface area contributed by atoms with Gasteiger partial charge in [0.1, 0.15) is 0 Å². The quantitative estimate of drug-likeness (QED) is 0.847. The van der Waals surface area contributed by atoms with Crippen LogP contribution in [0.4, 0.5) is 5.82 Å². The molecule has 0 aromatic carbocycles. The molecule has 15 heavy (non-hydrogen) atoms. The third-order valence-electron chi connectivity index (χ3n) is 2.77. The summed E-state index contributed by atoms with van der Waals surface area (Å²) in [7, 11) is 0. The summed E-state index contributed by atoms with van der Waals surface area (Å²) in [4.78, 5) is 2.18. The topological polar surface area (TPSA) is 49.2 Å². The molecule has 1 N–H and O–H groups in total. The lowest BCUT2D eigenvalue weighted by Crippen LogP contribution is -2.21. The van der Waals surface area contributed by atoms with Gasteiger partial charge in [-0.25, -0.2) is 0 Å². The van der Waals surface area contributed by atoms with Crippen molar-refractivity contribution in [3.05, 3.63) is 17.3 Å². The van der Waals surface area contributed by atoms with Crippen LogP contribution in [0.2, 0.25) is 5.15 Å². The Morgan fingerprint density at radius 1 is 1.47 bits per heavy atom. The van der Waals surface area contributed by atoms with E-state index in [2.05, 4.69) is 15.1 Å². The molecule has 0 bridgehead atoms. The summed E-state index contributed by atoms with van der Waals surface area (Å²) in [5.74, 6) is 1.45. The van der Waals surface area contributed by atoms with Crippen molar-refractivity contribution < 1.29 is 5.11 Å². The monoisotopic (exact) mass is 227 g/mol. The minimum Gasteiger partial charge on any atom is -0.396 e. The molecule has 82 valence electrons. The third-order valence-corrected chi connectivity index (χ3v) is 2.97. The Kier molecular flexibility index (Phi) is 3.38. The van der Waals surface area contributed by atoms with Gasteiger partial charge in [-0.05, 0) is 30.9 Å². The lowest BCUT2D eigenvalue weighted by molar-refractivity contribution is 0.263. The molecule has 0 radical (unpaired) electrons. The van der Waals surface area contributed by atoms with Gasteiger partial charge < -0.3 is 10.0 Å². The van der Waals surface area contributed by atoms with E-state index < -0.39 is 0 Å². The van der Waals surface area contributed by atoms with Crippen LogP contribution in [-0.4, -0.2) is 35.0 Å². The molecule has 1 unspecified atom stereocenters. The SMILES string of the molecule is OCCC1CCN(c2ccc(Cl)nn2)C1. The number of hydrogen-bond acceptors (Lipinski definition) is 4. The number of rotatable bonds is 3. The Morgan fingerprint density at radius 2 is 2.33 bits per heavy atom. The largest absolute Gasteiger partial charge is 0.396 e. The average Bonchev–Trinajstić information content (AvgIpc) is 2.68. The van der Waals surface area contributed by atoms with Crippen LogP contribution in [0.3, 0.4) is 0 Å². The predicted octanol–water partition coefficient (Wildman–Crippen LogP) is 1.34. The normalized spacial score (nSPS) is 20.9. The van der Waals surface area contributed by atoms with Crippen molar-refractivity contribution in [3.63, 3.8) is 0 Å². The van der Waals surface area contributed by atoms with Crippen molar-refractivity contribution in [1.82, 2.24) is 10.2 Å². The zero-order chi connectivity index (χ0) is 10.7. The van der Waals surface area contributed by atoms with E-state index in [0.29, 0.717) is 11.1 Å². The van der Waals surface area contributed by atoms with Gasteiger partial charge in [-0.15, -0.1) is 10.2 Å². The molecule has 1 aromatic heterocycles. The molecule has 2 rings (SSSR count). The molecule has 1 aliphatic heterocycles. The number of anilines is 1. The highest BCUT2D eigenvalue weighted by Gasteiger charge is 2.22. The van der Waals surface area contributed by atoms with Crippen LogP contribution < -0.4 is 4.90 Å². The van der Waals surface area contributed by atoms with Gasteiger partial charge >= 0.3 is 0 Å². The summed E-state index contributed by atoms with van der Waals surface area (Å²) in [5, 5.41) is 17.1. The summed E-state index contributed by atoms with van der Waals surface area (Å²) in [6, 6.07) is 3.64. The molecule has 1 fully saturated rings. The smallest absolute Gasteiger partial charge is 0.151 e. The van der Waals surface area contributed by atoms with Crippen molar-refractivity contribution >= 4 is 17.4 Å². The maximum absolute atomic E-state index is 8.86. The first kappa shape index (κ1) is 10.6. The molecule has 0 saturated carbocycles. The number of hydrogen-bond donors (Lipinski definition) is 1. The number of nitrogens with zero attached hydrogens (tertiary/aromatic N) is 3. The first-order chi connectivity index (χ1) is 7.29. The Labute approximate surface area is 93.9 Å². The van der Waals surface area contributed by atoms with Gasteiger partial charge in [0.15, 0.2) is 11.0 Å². The second kappa shape index (κ2) is 4.77. The summed E-state index contributed by atoms with van der Waals surface area (Å²) >= 11 is 5.67. The Hall–Kier alpha value is -0.870. The standard InChI is InChI=1S/C10H14ClN3O/c11-9-1-2-10(13-12-9)14-5-3-8(7-14)4-6-15/h1-2,8,15H,3-7H2. The molecule has 0 amide bonds. The van der Waals surface area contributed by atoms with Crippen LogP contribution in [-0.2, 0) is 0 Å². The highest BCUT2D eigenvalue weighted by atomic mass is 35.5. The van der Waals surface area contributed by atoms with Gasteiger partial charge in [0, 0.05) is 19.7 Å². The van der Waals surface area contributed by atoms with Gasteiger partial charge in [-0.2, -0.15) is 0 Å². The fourth-order valence-corrected chi connectivity index (χ4v) is 2.04. The number of aromatic nitrogens is 2. The lowest BCUT2D eigenvalue weighted by atomic mass is 10.1. The van der Waals surface area contributed by atoms with Crippen molar-refractivity contribution in [2.75, 3.05) is 24.6 Å². The van der Waals surface area contributed by atoms with Gasteiger partial charge in [-0.1, -0.05) is 11.6 Å². The van der Waals surface area contributed by atoms with Crippen LogP contribution in [0.5, 0.6) is 0 Å². The second-order valence-electron chi connectivity index (χ2n) is 3.83. The first-order valence-corrected chi connectivity index (χ1v) is 5.52. The Morgan fingerprint density at radius 3 is 3.00 bits per heavy atom. The molecule has 0 aliphatic carbocycles. The average molecular weight is 228 g/mol. The highest BCUT2D eigenvalue weighted by Crippen LogP contribution is 2.23. The van der Waals surface area contributed by atoms with E-state index in [1.54, 1.807) is 6.07 Å². The van der Waals surface area contributed by atoms with Gasteiger partial charge in [0.25, 0.3) is 0 Å². The fraction of sp³-hybridized carbons (Fsp3) is 0.600. The van der Waals surface area contributed by atoms with E-state index in [4.69, 9.17) is 16.7 Å². The Balaban J connectivity index is 1.98. The number of aliphatic hydroxyl groups is 1. The molecule has 1 aliphatic rings. The lowest BCUT2D eigenvalue weighted by Gasteiger charge is -2.16. The molecule has 1 saturated heterocycles. The summed E-state index contributed by atoms with van der Waals surface area (Å²) in [6.45, 7) is 2.21. The van der Waals surface area contributed by atoms with Crippen LogP contribution in [0.1, 0.15) is 12.8 Å². The molecule has 5 heteroatoms. The molecule has 1 atom stereocenters. The second-order valence-corrected chi connectivity index (χ2v) is 4.21. The van der Waals surface area contributed by atoms with E-state index >= 15 is 0 Å². The summed E-state index contributed by atoms with van der Waals surface area (Å²) < 4.78 is 0. The van der Waals surface area contributed by atoms with E-state index in [-0.39, 0.29) is 6.61 Å². The van der Waals surface area contributed by atoms with Crippen molar-refractivity contribution in [2.45, 2.75) is 12.8 Å². The van der Waals surface area contributed by atoms with E-state index in [1.165, 1.54) is 0 Å². The third kappa shape index (κ3) is 2.58. The molecular formula is C10H14ClN3O. The van der Waals surface area contributed by atoms with E-state index in [0.717, 1.165) is 31.7 Å². The van der Waals surface area contributed by atoms with Crippen molar-refractivity contribution in [1.29, 1.82) is 0 Å². The van der Waals surface area contributed by atoms with Crippen LogP contribution in [0, 0.1) is 5.92 Å². The van der Waals surface area contributed by atoms with Crippen molar-refractivity contribution in [2.24, 2.45) is 5.92 Å². The zero-order valence-electron chi connectivity index (χ0n) is 8.43. The first-order valence-electron chi connectivity index (χ1n) is 5.14. The molecule has 2 heterocycles. The van der Waals surface area contributed by atoms with Gasteiger partial charge in [0.05, 0.1) is 0 Å². The van der Waals surface area contributed by atoms with E-state index in [1.807, 2.05) is 6.07 Å². The van der Waals surface area contributed by atoms with Crippen molar-refractivity contribution in [3.8, 4) is 0 Å². The van der Waals surface area contributed by atoms with Gasteiger partial charge in [-0.3, -0.25) is 0 Å². The maximum atomic E-state index is 8.86. The van der Waals surface area contributed by atoms with Gasteiger partial charge in [0.2, 0.25) is 0 Å².